The highest BCUT2D eigenvalue weighted by molar-refractivity contribution is 7.89. The molecule has 164 valence electrons. The molecule has 1 aliphatic heterocycles. The Bertz CT molecular complexity index is 927. The Labute approximate surface area is 178 Å². The standard InChI is InChI=1S/C22H30FN3O3S/c1-3-16-29-22-9-8-21(17-18(22)2)30(27,28)24-10-11-25-12-14-26(15-13-25)20-6-4-19(23)5-7-20/h4-9,17,24H,3,10-16H2,1-2H3. The monoisotopic (exact) mass is 435 g/mol. The third-order valence-electron chi connectivity index (χ3n) is 5.20. The van der Waals surface area contributed by atoms with Gasteiger partial charge in [-0.1, -0.05) is 6.92 Å². The zero-order valence-electron chi connectivity index (χ0n) is 17.6. The molecule has 0 atom stereocenters. The number of nitrogens with one attached hydrogen (secondary N) is 1. The molecule has 2 aromatic rings. The molecule has 1 N–H and O–H groups in total. The SMILES string of the molecule is CCCOc1ccc(S(=O)(=O)NCCN2CCN(c3ccc(F)cc3)CC2)cc1C. The first kappa shape index (κ1) is 22.5. The first-order valence-corrected chi connectivity index (χ1v) is 11.8. The fourth-order valence-corrected chi connectivity index (χ4v) is 4.57. The maximum atomic E-state index is 13.1. The Kier molecular flexibility index (Phi) is 7.69. The average Bonchev–Trinajstić information content (AvgIpc) is 2.74. The minimum absolute atomic E-state index is 0.233. The summed E-state index contributed by atoms with van der Waals surface area (Å²) < 4.78 is 46.6. The van der Waals surface area contributed by atoms with E-state index >= 15 is 0 Å². The van der Waals surface area contributed by atoms with Crippen molar-refractivity contribution < 1.29 is 17.5 Å². The highest BCUT2D eigenvalue weighted by Gasteiger charge is 2.19. The Balaban J connectivity index is 1.47. The third kappa shape index (κ3) is 5.93. The summed E-state index contributed by atoms with van der Waals surface area (Å²) in [5.74, 6) is 0.484. The Morgan fingerprint density at radius 1 is 1.07 bits per heavy atom. The number of piperazine rings is 1. The molecule has 0 spiro atoms. The van der Waals surface area contributed by atoms with Gasteiger partial charge in [0.1, 0.15) is 11.6 Å². The van der Waals surface area contributed by atoms with Crippen molar-refractivity contribution in [1.29, 1.82) is 0 Å². The number of hydrogen-bond acceptors (Lipinski definition) is 5. The van der Waals surface area contributed by atoms with Crippen molar-refractivity contribution in [3.05, 3.63) is 53.8 Å². The predicted octanol–water partition coefficient (Wildman–Crippen LogP) is 3.02. The molecule has 1 heterocycles. The van der Waals surface area contributed by atoms with E-state index in [0.717, 1.165) is 49.6 Å². The summed E-state index contributed by atoms with van der Waals surface area (Å²) in [5.41, 5.74) is 1.82. The van der Waals surface area contributed by atoms with E-state index in [-0.39, 0.29) is 10.7 Å². The van der Waals surface area contributed by atoms with Gasteiger partial charge in [-0.05, 0) is 61.4 Å². The van der Waals surface area contributed by atoms with Crippen LogP contribution in [0, 0.1) is 12.7 Å². The molecular weight excluding hydrogens is 405 g/mol. The van der Waals surface area contributed by atoms with E-state index < -0.39 is 10.0 Å². The molecule has 0 radical (unpaired) electrons. The second-order valence-corrected chi connectivity index (χ2v) is 9.25. The number of benzene rings is 2. The summed E-state index contributed by atoms with van der Waals surface area (Å²) in [4.78, 5) is 4.70. The summed E-state index contributed by atoms with van der Waals surface area (Å²) in [6, 6.07) is 11.5. The minimum Gasteiger partial charge on any atom is -0.493 e. The number of sulfonamides is 1. The normalized spacial score (nSPS) is 15.4. The van der Waals surface area contributed by atoms with Crippen LogP contribution in [0.2, 0.25) is 0 Å². The smallest absolute Gasteiger partial charge is 0.240 e. The molecule has 2 aromatic carbocycles. The van der Waals surface area contributed by atoms with Gasteiger partial charge in [0, 0.05) is 45.0 Å². The van der Waals surface area contributed by atoms with Crippen molar-refractivity contribution in [1.82, 2.24) is 9.62 Å². The Morgan fingerprint density at radius 3 is 2.40 bits per heavy atom. The van der Waals surface area contributed by atoms with E-state index in [2.05, 4.69) is 14.5 Å². The van der Waals surface area contributed by atoms with Gasteiger partial charge in [0.2, 0.25) is 10.0 Å². The van der Waals surface area contributed by atoms with Gasteiger partial charge < -0.3 is 9.64 Å². The van der Waals surface area contributed by atoms with Crippen molar-refractivity contribution in [3.63, 3.8) is 0 Å². The Morgan fingerprint density at radius 2 is 1.77 bits per heavy atom. The molecular formula is C22H30FN3O3S. The van der Waals surface area contributed by atoms with Crippen LogP contribution in [-0.2, 0) is 10.0 Å². The lowest BCUT2D eigenvalue weighted by molar-refractivity contribution is 0.262. The third-order valence-corrected chi connectivity index (χ3v) is 6.66. The number of rotatable bonds is 9. The fourth-order valence-electron chi connectivity index (χ4n) is 3.47. The van der Waals surface area contributed by atoms with E-state index in [1.165, 1.54) is 12.1 Å². The molecule has 1 fully saturated rings. The van der Waals surface area contributed by atoms with Gasteiger partial charge in [-0.3, -0.25) is 4.90 Å². The second-order valence-electron chi connectivity index (χ2n) is 7.48. The van der Waals surface area contributed by atoms with Gasteiger partial charge in [0.25, 0.3) is 0 Å². The largest absolute Gasteiger partial charge is 0.493 e. The molecule has 30 heavy (non-hydrogen) atoms. The number of hydrogen-bond donors (Lipinski definition) is 1. The van der Waals surface area contributed by atoms with Gasteiger partial charge >= 0.3 is 0 Å². The van der Waals surface area contributed by atoms with Crippen molar-refractivity contribution in [3.8, 4) is 5.75 Å². The molecule has 0 aromatic heterocycles. The van der Waals surface area contributed by atoms with E-state index in [4.69, 9.17) is 4.74 Å². The van der Waals surface area contributed by atoms with Crippen molar-refractivity contribution >= 4 is 15.7 Å². The van der Waals surface area contributed by atoms with Gasteiger partial charge in [-0.2, -0.15) is 0 Å². The highest BCUT2D eigenvalue weighted by Crippen LogP contribution is 2.22. The number of aryl methyl sites for hydroxylation is 1. The number of ether oxygens (including phenoxy) is 1. The zero-order valence-corrected chi connectivity index (χ0v) is 18.4. The molecule has 8 heteroatoms. The molecule has 0 aliphatic carbocycles. The van der Waals surface area contributed by atoms with Gasteiger partial charge in [-0.15, -0.1) is 0 Å². The maximum Gasteiger partial charge on any atom is 0.240 e. The lowest BCUT2D eigenvalue weighted by Gasteiger charge is -2.36. The summed E-state index contributed by atoms with van der Waals surface area (Å²) >= 11 is 0. The van der Waals surface area contributed by atoms with Crippen LogP contribution < -0.4 is 14.4 Å². The summed E-state index contributed by atoms with van der Waals surface area (Å²) in [6.07, 6.45) is 0.902. The lowest BCUT2D eigenvalue weighted by atomic mass is 10.2. The van der Waals surface area contributed by atoms with Gasteiger partial charge in [0.05, 0.1) is 11.5 Å². The summed E-state index contributed by atoms with van der Waals surface area (Å²) in [5, 5.41) is 0. The predicted molar refractivity (Wildman–Crippen MR) is 117 cm³/mol. The number of anilines is 1. The molecule has 0 unspecified atom stereocenters. The van der Waals surface area contributed by atoms with Gasteiger partial charge in [0.15, 0.2) is 0 Å². The summed E-state index contributed by atoms with van der Waals surface area (Å²) in [7, 11) is -3.56. The van der Waals surface area contributed by atoms with Crippen LogP contribution in [0.4, 0.5) is 10.1 Å². The quantitative estimate of drug-likeness (QED) is 0.656. The molecule has 0 amide bonds. The zero-order chi connectivity index (χ0) is 21.6. The van der Waals surface area contributed by atoms with Crippen molar-refractivity contribution in [2.75, 3.05) is 50.8 Å². The molecule has 1 aliphatic rings. The van der Waals surface area contributed by atoms with Gasteiger partial charge in [-0.25, -0.2) is 17.5 Å². The average molecular weight is 436 g/mol. The Hall–Kier alpha value is -2.16. The molecule has 0 bridgehead atoms. The maximum absolute atomic E-state index is 13.1. The van der Waals surface area contributed by atoms with Crippen LogP contribution in [0.3, 0.4) is 0 Å². The van der Waals surface area contributed by atoms with E-state index in [1.807, 2.05) is 13.8 Å². The molecule has 0 saturated carbocycles. The van der Waals surface area contributed by atoms with Crippen molar-refractivity contribution in [2.24, 2.45) is 0 Å². The summed E-state index contributed by atoms with van der Waals surface area (Å²) in [6.45, 7) is 8.82. The van der Waals surface area contributed by atoms with Crippen LogP contribution >= 0.6 is 0 Å². The van der Waals surface area contributed by atoms with Crippen LogP contribution in [-0.4, -0.2) is 59.2 Å². The molecule has 1 saturated heterocycles. The topological polar surface area (TPSA) is 61.9 Å². The first-order valence-electron chi connectivity index (χ1n) is 10.3. The second kappa shape index (κ2) is 10.2. The van der Waals surface area contributed by atoms with E-state index in [1.54, 1.807) is 30.3 Å². The van der Waals surface area contributed by atoms with Crippen LogP contribution in [0.5, 0.6) is 5.75 Å². The van der Waals surface area contributed by atoms with E-state index in [9.17, 15) is 12.8 Å². The van der Waals surface area contributed by atoms with Crippen LogP contribution in [0.1, 0.15) is 18.9 Å². The number of nitrogens with zero attached hydrogens (tertiary/aromatic N) is 2. The minimum atomic E-state index is -3.56. The van der Waals surface area contributed by atoms with Crippen molar-refractivity contribution in [2.45, 2.75) is 25.2 Å². The van der Waals surface area contributed by atoms with E-state index in [0.29, 0.717) is 19.7 Å². The molecule has 3 rings (SSSR count). The lowest BCUT2D eigenvalue weighted by Crippen LogP contribution is -2.48. The molecule has 6 nitrogen and oxygen atoms in total. The number of halogens is 1. The van der Waals surface area contributed by atoms with Crippen LogP contribution in [0.15, 0.2) is 47.4 Å². The van der Waals surface area contributed by atoms with Crippen LogP contribution in [0.25, 0.3) is 0 Å². The highest BCUT2D eigenvalue weighted by atomic mass is 32.2. The fraction of sp³-hybridized carbons (Fsp3) is 0.455. The first-order chi connectivity index (χ1) is 14.4.